The van der Waals surface area contributed by atoms with E-state index in [2.05, 4.69) is 0 Å². The Kier molecular flexibility index (Phi) is 17.6. The molecule has 12 bridgehead atoms. The van der Waals surface area contributed by atoms with Crippen LogP contribution in [0.5, 0.6) is 0 Å². The summed E-state index contributed by atoms with van der Waals surface area (Å²) in [6.07, 6.45) is -58.5. The van der Waals surface area contributed by atoms with Gasteiger partial charge < -0.3 is 149 Å². The van der Waals surface area contributed by atoms with Crippen molar-refractivity contribution in [3.05, 3.63) is 0 Å². The third kappa shape index (κ3) is 10.0. The minimum atomic E-state index is -2.15. The van der Waals surface area contributed by atoms with Crippen molar-refractivity contribution in [1.29, 1.82) is 0 Å². The van der Waals surface area contributed by atoms with E-state index in [1.807, 2.05) is 0 Å². The summed E-state index contributed by atoms with van der Waals surface area (Å²) in [7, 11) is 0. The molecule has 22 heterocycles. The van der Waals surface area contributed by atoms with E-state index >= 15 is 0 Å². The Morgan fingerprint density at radius 2 is 0.303 bits per heavy atom. The smallest absolute Gasteiger partial charge is 0.187 e. The van der Waals surface area contributed by atoms with Gasteiger partial charge in [0, 0.05) is 0 Å². The number of hydrogen-bond acceptors (Lipinski definition) is 30. The molecule has 30 heteroatoms. The first-order valence-corrected chi connectivity index (χ1v) is 21.1. The summed E-state index contributed by atoms with van der Waals surface area (Å²) < 4.78 is 67.9. The molecule has 384 valence electrons. The zero-order valence-corrected chi connectivity index (χ0v) is 34.5. The van der Waals surface area contributed by atoms with Crippen LogP contribution in [0.15, 0.2) is 0 Å². The van der Waals surface area contributed by atoms with E-state index in [4.69, 9.17) is 56.8 Å². The van der Waals surface area contributed by atoms with E-state index in [-0.39, 0.29) is 0 Å². The fourth-order valence-electron chi connectivity index (χ4n) is 8.93. The minimum absolute atomic E-state index is 0.999. The fraction of sp³-hybridized carbons (Fsp3) is 1.00. The quantitative estimate of drug-likeness (QED) is 0.117. The summed E-state index contributed by atoms with van der Waals surface area (Å²) in [5.41, 5.74) is 0. The third-order valence-electron chi connectivity index (χ3n) is 12.7. The molecule has 0 spiro atoms. The minimum Gasteiger partial charge on any atom is -0.394 e. The summed E-state index contributed by atoms with van der Waals surface area (Å²) in [5.74, 6) is 0. The van der Waals surface area contributed by atoms with Crippen LogP contribution in [0.3, 0.4) is 0 Å². The van der Waals surface area contributed by atoms with Gasteiger partial charge in [-0.1, -0.05) is 0 Å². The van der Waals surface area contributed by atoms with Crippen LogP contribution in [0.25, 0.3) is 0 Å². The van der Waals surface area contributed by atoms with Gasteiger partial charge in [-0.15, -0.1) is 0 Å². The number of aliphatic hydroxyl groups excluding tert-OH is 18. The molecule has 0 saturated carbocycles. The molecule has 22 fully saturated rings. The Labute approximate surface area is 372 Å². The molecule has 66 heavy (non-hydrogen) atoms. The lowest BCUT2D eigenvalue weighted by Gasteiger charge is -2.50. The van der Waals surface area contributed by atoms with Crippen LogP contribution < -0.4 is 0 Å². The molecule has 22 saturated heterocycles. The van der Waals surface area contributed by atoms with Crippen molar-refractivity contribution < 1.29 is 149 Å². The maximum atomic E-state index is 11.2. The number of rotatable bonds is 6. The normalized spacial score (nSPS) is 55.4. The van der Waals surface area contributed by atoms with Crippen molar-refractivity contribution in [3.63, 3.8) is 0 Å². The molecular formula is C36H60O30. The Bertz CT molecular complexity index is 1230. The number of ether oxygens (including phenoxy) is 12. The van der Waals surface area contributed by atoms with Gasteiger partial charge in [-0.3, -0.25) is 0 Å². The average Bonchev–Trinajstić information content (AvgIpc) is 3.31. The zero-order chi connectivity index (χ0) is 48.0. The molecule has 22 rings (SSSR count). The second-order valence-corrected chi connectivity index (χ2v) is 16.8. The van der Waals surface area contributed by atoms with Crippen LogP contribution in [0.2, 0.25) is 0 Å². The molecule has 18 unspecified atom stereocenters. The lowest BCUT2D eigenvalue weighted by Crippen LogP contribution is -2.69. The van der Waals surface area contributed by atoms with Gasteiger partial charge in [-0.2, -0.15) is 0 Å². The van der Waals surface area contributed by atoms with Crippen molar-refractivity contribution in [1.82, 2.24) is 0 Å². The van der Waals surface area contributed by atoms with Gasteiger partial charge in [-0.25, -0.2) is 0 Å². The van der Waals surface area contributed by atoms with Gasteiger partial charge in [0.05, 0.1) is 39.6 Å². The first kappa shape index (κ1) is 52.6. The van der Waals surface area contributed by atoms with Crippen LogP contribution in [-0.2, 0) is 56.8 Å². The van der Waals surface area contributed by atoms with Crippen LogP contribution in [-0.4, -0.2) is 316 Å². The molecule has 0 aromatic carbocycles. The monoisotopic (exact) mass is 972 g/mol. The highest BCUT2D eigenvalue weighted by atomic mass is 16.8. The SMILES string of the molecule is OCC1O[C@@H]2O[C@@H]3C(CO)O[C@H](O[C@@H]4C(CO)O[C@H](OC5C(CO)OC(O[C@@H]6C(CO)O[C@H](O[C@@H]7C(CO)O[C@H](OC1[C@@H](O)C2O)C(O)C7O)C(O)C6O)[C@@H](O)[C@@H]5O)C(O)C4O)C(O)C3O. The standard InChI is InChI=1S/C36H60O30/c37-1-7-25-13(43)19(49)31(55-7)62-26-8(2-38)57-33(21(51)15(26)45)64-28-10(4-40)59-35(23(53)17(28)47)66-30-12(6-42)60-36(24(54)18(30)48)65-29-11(5-41)58-34(22(52)16(29)46)63-27-9(3-39)56-32(61-25)20(50)14(27)44/h7-54H,1-6H2/t7?,8?,9?,10?,11?,12?,13-,14?,15?,16?,17?,18-,19-,20?,21?,22?,23?,24?,25?,26+,27+,28+,29+,30?,31?,32+,33+,34+,35+,36+/m0/s1. The van der Waals surface area contributed by atoms with Gasteiger partial charge in [0.15, 0.2) is 37.7 Å². The Morgan fingerprint density at radius 1 is 0.182 bits per heavy atom. The van der Waals surface area contributed by atoms with E-state index in [9.17, 15) is 91.9 Å². The first-order valence-electron chi connectivity index (χ1n) is 21.1. The van der Waals surface area contributed by atoms with Crippen molar-refractivity contribution in [2.75, 3.05) is 39.6 Å². The predicted octanol–water partition coefficient (Wildman–Crippen LogP) is -13.1. The topological polar surface area (TPSA) is 475 Å². The van der Waals surface area contributed by atoms with Crippen LogP contribution in [0, 0.1) is 0 Å². The van der Waals surface area contributed by atoms with Crippen molar-refractivity contribution in [3.8, 4) is 0 Å². The molecular weight excluding hydrogens is 912 g/mol. The van der Waals surface area contributed by atoms with E-state index in [0.29, 0.717) is 0 Å². The van der Waals surface area contributed by atoms with E-state index < -0.39 is 224 Å². The van der Waals surface area contributed by atoms with Crippen LogP contribution in [0.4, 0.5) is 0 Å². The second kappa shape index (κ2) is 22.1. The molecule has 30 atom stereocenters. The lowest BCUT2D eigenvalue weighted by molar-refractivity contribution is -0.404. The molecule has 0 aromatic rings. The van der Waals surface area contributed by atoms with E-state index in [0.717, 1.165) is 0 Å². The molecule has 22 aliphatic rings. The lowest BCUT2D eigenvalue weighted by atomic mass is 9.94. The van der Waals surface area contributed by atoms with Crippen molar-refractivity contribution in [2.24, 2.45) is 0 Å². The summed E-state index contributed by atoms with van der Waals surface area (Å²) in [6, 6.07) is 0. The van der Waals surface area contributed by atoms with Gasteiger partial charge in [0.25, 0.3) is 0 Å². The number of aliphatic hydroxyl groups is 18. The summed E-state index contributed by atoms with van der Waals surface area (Å²) in [4.78, 5) is 0. The highest BCUT2D eigenvalue weighted by molar-refractivity contribution is 5.01. The summed E-state index contributed by atoms with van der Waals surface area (Å²) >= 11 is 0. The molecule has 0 aromatic heterocycles. The van der Waals surface area contributed by atoms with Gasteiger partial charge >= 0.3 is 0 Å². The fourth-order valence-corrected chi connectivity index (χ4v) is 8.93. The van der Waals surface area contributed by atoms with Gasteiger partial charge in [-0.05, 0) is 0 Å². The highest BCUT2D eigenvalue weighted by Gasteiger charge is 2.58. The highest BCUT2D eigenvalue weighted by Crippen LogP contribution is 2.38. The van der Waals surface area contributed by atoms with Gasteiger partial charge in [0.1, 0.15) is 146 Å². The molecule has 18 N–H and O–H groups in total. The molecule has 0 amide bonds. The second-order valence-electron chi connectivity index (χ2n) is 16.8. The Morgan fingerprint density at radius 3 is 0.409 bits per heavy atom. The maximum absolute atomic E-state index is 11.2. The zero-order valence-electron chi connectivity index (χ0n) is 34.5. The van der Waals surface area contributed by atoms with Crippen molar-refractivity contribution >= 4 is 0 Å². The van der Waals surface area contributed by atoms with E-state index in [1.54, 1.807) is 0 Å². The van der Waals surface area contributed by atoms with Crippen LogP contribution >= 0.6 is 0 Å². The predicted molar refractivity (Wildman–Crippen MR) is 196 cm³/mol. The largest absolute Gasteiger partial charge is 0.394 e. The average molecular weight is 973 g/mol. The maximum Gasteiger partial charge on any atom is 0.187 e. The molecule has 22 aliphatic heterocycles. The van der Waals surface area contributed by atoms with Crippen LogP contribution in [0.1, 0.15) is 0 Å². The first-order chi connectivity index (χ1) is 31.4. The number of hydrogen-bond donors (Lipinski definition) is 18. The summed E-state index contributed by atoms with van der Waals surface area (Å²) in [5, 5.41) is 196. The van der Waals surface area contributed by atoms with Crippen molar-refractivity contribution in [2.45, 2.75) is 184 Å². The Hall–Kier alpha value is -1.20. The summed E-state index contributed by atoms with van der Waals surface area (Å²) in [6.45, 7) is -5.99. The molecule has 0 radical (unpaired) electrons. The van der Waals surface area contributed by atoms with E-state index in [1.165, 1.54) is 0 Å². The third-order valence-corrected chi connectivity index (χ3v) is 12.7. The Balaban J connectivity index is 1.19. The molecule has 0 aliphatic carbocycles. The van der Waals surface area contributed by atoms with Gasteiger partial charge in [0.2, 0.25) is 0 Å². The molecule has 30 nitrogen and oxygen atoms in total.